The summed E-state index contributed by atoms with van der Waals surface area (Å²) in [5, 5.41) is 0. The van der Waals surface area contributed by atoms with Crippen LogP contribution in [-0.2, 0) is 0 Å². The van der Waals surface area contributed by atoms with Gasteiger partial charge in [0, 0.05) is 25.4 Å². The van der Waals surface area contributed by atoms with Gasteiger partial charge in [0.25, 0.3) is 0 Å². The van der Waals surface area contributed by atoms with E-state index in [4.69, 9.17) is 4.74 Å². The number of aromatic nitrogens is 1. The van der Waals surface area contributed by atoms with Crippen molar-refractivity contribution in [1.29, 1.82) is 0 Å². The summed E-state index contributed by atoms with van der Waals surface area (Å²) in [5.41, 5.74) is 1.24. The zero-order valence-electron chi connectivity index (χ0n) is 11.2. The number of pyridine rings is 1. The molecule has 0 unspecified atom stereocenters. The third kappa shape index (κ3) is 2.87. The fourth-order valence-electron chi connectivity index (χ4n) is 2.32. The van der Waals surface area contributed by atoms with Crippen LogP contribution in [0, 0.1) is 6.92 Å². The minimum Gasteiger partial charge on any atom is -0.457 e. The molecule has 1 aromatic heterocycles. The molecule has 0 saturated carbocycles. The summed E-state index contributed by atoms with van der Waals surface area (Å²) in [5.74, 6) is 2.73. The second-order valence-corrected chi connectivity index (χ2v) is 4.96. The summed E-state index contributed by atoms with van der Waals surface area (Å²) in [6, 6.07) is 12.0. The van der Waals surface area contributed by atoms with Gasteiger partial charge in [-0.3, -0.25) is 0 Å². The fourth-order valence-corrected chi connectivity index (χ4v) is 2.32. The Morgan fingerprint density at radius 1 is 1.00 bits per heavy atom. The van der Waals surface area contributed by atoms with Crippen LogP contribution in [0.15, 0.2) is 42.6 Å². The van der Waals surface area contributed by atoms with Gasteiger partial charge >= 0.3 is 0 Å². The molecular formula is C16H18N2O. The number of rotatable bonds is 3. The average Bonchev–Trinajstić information content (AvgIpc) is 2.96. The number of benzene rings is 1. The van der Waals surface area contributed by atoms with Crippen molar-refractivity contribution in [2.75, 3.05) is 18.0 Å². The lowest BCUT2D eigenvalue weighted by Crippen LogP contribution is -2.18. The van der Waals surface area contributed by atoms with Crippen LogP contribution in [0.5, 0.6) is 11.5 Å². The maximum atomic E-state index is 5.87. The fraction of sp³-hybridized carbons (Fsp3) is 0.312. The maximum absolute atomic E-state index is 5.87. The van der Waals surface area contributed by atoms with Crippen LogP contribution in [0.2, 0.25) is 0 Å². The van der Waals surface area contributed by atoms with Gasteiger partial charge in [-0.25, -0.2) is 4.98 Å². The SMILES string of the molecule is Cc1ccc(Oc2ccnc(N3CCCC3)c2)cc1. The molecule has 1 fully saturated rings. The molecule has 3 nitrogen and oxygen atoms in total. The molecule has 98 valence electrons. The van der Waals surface area contributed by atoms with Gasteiger partial charge in [-0.15, -0.1) is 0 Å². The van der Waals surface area contributed by atoms with Crippen LogP contribution in [0.1, 0.15) is 18.4 Å². The Morgan fingerprint density at radius 3 is 2.47 bits per heavy atom. The summed E-state index contributed by atoms with van der Waals surface area (Å²) in [4.78, 5) is 6.73. The summed E-state index contributed by atoms with van der Waals surface area (Å²) in [6.07, 6.45) is 4.33. The molecule has 2 aromatic rings. The van der Waals surface area contributed by atoms with E-state index in [2.05, 4.69) is 28.9 Å². The van der Waals surface area contributed by atoms with Crippen molar-refractivity contribution >= 4 is 5.82 Å². The Bertz CT molecular complexity index is 545. The van der Waals surface area contributed by atoms with Gasteiger partial charge in [0.2, 0.25) is 0 Å². The van der Waals surface area contributed by atoms with Crippen molar-refractivity contribution in [2.45, 2.75) is 19.8 Å². The first kappa shape index (κ1) is 12.0. The van der Waals surface area contributed by atoms with E-state index in [0.29, 0.717) is 0 Å². The predicted molar refractivity (Wildman–Crippen MR) is 76.9 cm³/mol. The summed E-state index contributed by atoms with van der Waals surface area (Å²) in [7, 11) is 0. The van der Waals surface area contributed by atoms with Gasteiger partial charge in [-0.2, -0.15) is 0 Å². The quantitative estimate of drug-likeness (QED) is 0.833. The van der Waals surface area contributed by atoms with E-state index in [1.165, 1.54) is 18.4 Å². The molecule has 1 aliphatic heterocycles. The molecule has 0 radical (unpaired) electrons. The van der Waals surface area contributed by atoms with Crippen molar-refractivity contribution < 1.29 is 4.74 Å². The van der Waals surface area contributed by atoms with E-state index in [1.54, 1.807) is 0 Å². The third-order valence-electron chi connectivity index (χ3n) is 3.40. The largest absolute Gasteiger partial charge is 0.457 e. The summed E-state index contributed by atoms with van der Waals surface area (Å²) in [6.45, 7) is 4.27. The molecule has 19 heavy (non-hydrogen) atoms. The molecule has 1 saturated heterocycles. The van der Waals surface area contributed by atoms with Gasteiger partial charge < -0.3 is 9.64 Å². The van der Waals surface area contributed by atoms with Crippen LogP contribution in [0.3, 0.4) is 0 Å². The van der Waals surface area contributed by atoms with Crippen LogP contribution in [0.25, 0.3) is 0 Å². The second kappa shape index (κ2) is 5.31. The molecule has 3 heteroatoms. The molecule has 1 aliphatic rings. The Morgan fingerprint density at radius 2 is 1.74 bits per heavy atom. The number of anilines is 1. The molecule has 0 atom stereocenters. The first-order valence-corrected chi connectivity index (χ1v) is 6.77. The highest BCUT2D eigenvalue weighted by molar-refractivity contribution is 5.45. The van der Waals surface area contributed by atoms with Gasteiger partial charge in [0.1, 0.15) is 17.3 Å². The highest BCUT2D eigenvalue weighted by Crippen LogP contribution is 2.26. The van der Waals surface area contributed by atoms with Gasteiger partial charge in [-0.05, 0) is 38.0 Å². The predicted octanol–water partition coefficient (Wildman–Crippen LogP) is 3.78. The first-order valence-electron chi connectivity index (χ1n) is 6.77. The van der Waals surface area contributed by atoms with Crippen molar-refractivity contribution in [3.63, 3.8) is 0 Å². The molecular weight excluding hydrogens is 236 g/mol. The van der Waals surface area contributed by atoms with Crippen molar-refractivity contribution in [3.05, 3.63) is 48.2 Å². The van der Waals surface area contributed by atoms with Gasteiger partial charge in [0.05, 0.1) is 0 Å². The number of aryl methyl sites for hydroxylation is 1. The van der Waals surface area contributed by atoms with Crippen molar-refractivity contribution in [3.8, 4) is 11.5 Å². The van der Waals surface area contributed by atoms with Crippen LogP contribution in [0.4, 0.5) is 5.82 Å². The minimum atomic E-state index is 0.848. The minimum absolute atomic E-state index is 0.848. The van der Waals surface area contributed by atoms with E-state index in [1.807, 2.05) is 30.5 Å². The maximum Gasteiger partial charge on any atom is 0.132 e. The first-order chi connectivity index (χ1) is 9.31. The molecule has 0 spiro atoms. The second-order valence-electron chi connectivity index (χ2n) is 4.96. The van der Waals surface area contributed by atoms with Crippen LogP contribution < -0.4 is 9.64 Å². The summed E-state index contributed by atoms with van der Waals surface area (Å²) >= 11 is 0. The smallest absolute Gasteiger partial charge is 0.132 e. The third-order valence-corrected chi connectivity index (χ3v) is 3.40. The molecule has 0 bridgehead atoms. The highest BCUT2D eigenvalue weighted by Gasteiger charge is 2.13. The summed E-state index contributed by atoms with van der Waals surface area (Å²) < 4.78 is 5.87. The number of nitrogens with zero attached hydrogens (tertiary/aromatic N) is 2. The molecule has 0 N–H and O–H groups in total. The lowest BCUT2D eigenvalue weighted by atomic mass is 10.2. The average molecular weight is 254 g/mol. The van der Waals surface area contributed by atoms with Crippen molar-refractivity contribution in [1.82, 2.24) is 4.98 Å². The Hall–Kier alpha value is -2.03. The zero-order chi connectivity index (χ0) is 13.1. The van der Waals surface area contributed by atoms with E-state index in [-0.39, 0.29) is 0 Å². The van der Waals surface area contributed by atoms with E-state index in [9.17, 15) is 0 Å². The van der Waals surface area contributed by atoms with Gasteiger partial charge in [0.15, 0.2) is 0 Å². The zero-order valence-corrected chi connectivity index (χ0v) is 11.2. The highest BCUT2D eigenvalue weighted by atomic mass is 16.5. The lowest BCUT2D eigenvalue weighted by molar-refractivity contribution is 0.482. The molecule has 0 aliphatic carbocycles. The Labute approximate surface area is 113 Å². The van der Waals surface area contributed by atoms with E-state index >= 15 is 0 Å². The lowest BCUT2D eigenvalue weighted by Gasteiger charge is -2.16. The Kier molecular flexibility index (Phi) is 3.36. The van der Waals surface area contributed by atoms with E-state index < -0.39 is 0 Å². The molecule has 1 aromatic carbocycles. The van der Waals surface area contributed by atoms with Gasteiger partial charge in [-0.1, -0.05) is 17.7 Å². The topological polar surface area (TPSA) is 25.4 Å². The molecule has 0 amide bonds. The van der Waals surface area contributed by atoms with Crippen LogP contribution >= 0.6 is 0 Å². The normalized spacial score (nSPS) is 14.7. The van der Waals surface area contributed by atoms with Crippen molar-refractivity contribution in [2.24, 2.45) is 0 Å². The standard InChI is InChI=1S/C16H18N2O/c1-13-4-6-14(7-5-13)19-15-8-9-17-16(12-15)18-10-2-3-11-18/h4-9,12H,2-3,10-11H2,1H3. The van der Waals surface area contributed by atoms with E-state index in [0.717, 1.165) is 30.4 Å². The molecule has 3 rings (SSSR count). The number of hydrogen-bond donors (Lipinski definition) is 0. The number of ether oxygens (including phenoxy) is 1. The molecule has 2 heterocycles. The number of hydrogen-bond acceptors (Lipinski definition) is 3. The Balaban J connectivity index is 1.77. The van der Waals surface area contributed by atoms with Crippen LogP contribution in [-0.4, -0.2) is 18.1 Å². The monoisotopic (exact) mass is 254 g/mol.